The van der Waals surface area contributed by atoms with E-state index in [0.717, 1.165) is 20.1 Å². The van der Waals surface area contributed by atoms with Gasteiger partial charge in [-0.2, -0.15) is 0 Å². The van der Waals surface area contributed by atoms with Gasteiger partial charge in [0, 0.05) is 0 Å². The lowest BCUT2D eigenvalue weighted by molar-refractivity contribution is 0.603. The predicted octanol–water partition coefficient (Wildman–Crippen LogP) is 4.14. The largest absolute Gasteiger partial charge is 0.228 e. The molecule has 0 amide bonds. The van der Waals surface area contributed by atoms with E-state index in [-0.39, 0.29) is 0 Å². The third-order valence-corrected chi connectivity index (χ3v) is 5.56. The molecule has 2 aromatic carbocycles. The Balaban J connectivity index is 1.61. The van der Waals surface area contributed by atoms with Crippen LogP contribution in [-0.4, -0.2) is 25.2 Å². The summed E-state index contributed by atoms with van der Waals surface area (Å²) in [6.45, 7) is 0.627. The lowest BCUT2D eigenvalue weighted by Crippen LogP contribution is -2.03. The third-order valence-electron chi connectivity index (χ3n) is 3.20. The highest BCUT2D eigenvalue weighted by molar-refractivity contribution is 8.01. The monoisotopic (exact) mass is 359 g/mol. The quantitative estimate of drug-likeness (QED) is 0.548. The second-order valence-electron chi connectivity index (χ2n) is 4.77. The summed E-state index contributed by atoms with van der Waals surface area (Å²) in [5, 5.41) is 13.3. The predicted molar refractivity (Wildman–Crippen MR) is 92.1 cm³/mol. The first-order chi connectivity index (χ1) is 11.3. The van der Waals surface area contributed by atoms with Crippen molar-refractivity contribution in [2.45, 2.75) is 16.0 Å². The van der Waals surface area contributed by atoms with E-state index >= 15 is 0 Å². The molecule has 2 aromatic heterocycles. The molecule has 0 unspecified atom stereocenters. The average molecular weight is 360 g/mol. The van der Waals surface area contributed by atoms with Crippen molar-refractivity contribution in [1.29, 1.82) is 0 Å². The van der Waals surface area contributed by atoms with Crippen molar-refractivity contribution < 1.29 is 0 Å². The fraction of sp³-hybridized carbons (Fsp3) is 0.0667. The number of tetrazole rings is 1. The molecule has 0 aliphatic rings. The van der Waals surface area contributed by atoms with Gasteiger partial charge in [-0.3, -0.25) is 0 Å². The molecule has 23 heavy (non-hydrogen) atoms. The molecule has 0 fully saturated rings. The summed E-state index contributed by atoms with van der Waals surface area (Å²) in [6, 6.07) is 15.9. The van der Waals surface area contributed by atoms with Crippen LogP contribution in [0.2, 0.25) is 5.02 Å². The smallest absolute Gasteiger partial charge is 0.216 e. The molecule has 0 atom stereocenters. The third kappa shape index (κ3) is 3.08. The zero-order valence-corrected chi connectivity index (χ0v) is 14.1. The number of benzene rings is 2. The molecule has 0 aliphatic heterocycles. The van der Waals surface area contributed by atoms with E-state index in [4.69, 9.17) is 11.6 Å². The van der Waals surface area contributed by atoms with Gasteiger partial charge in [-0.15, -0.1) is 16.4 Å². The first-order valence-corrected chi connectivity index (χ1v) is 8.84. The fourth-order valence-electron chi connectivity index (χ4n) is 2.14. The lowest BCUT2D eigenvalue weighted by Gasteiger charge is -2.02. The second kappa shape index (κ2) is 6.27. The Hall–Kier alpha value is -1.96. The molecule has 0 radical (unpaired) electrons. The Morgan fingerprint density at radius 3 is 2.78 bits per heavy atom. The summed E-state index contributed by atoms with van der Waals surface area (Å²) in [5.41, 5.74) is 1.97. The Kier molecular flexibility index (Phi) is 3.99. The van der Waals surface area contributed by atoms with Gasteiger partial charge in [-0.25, -0.2) is 9.67 Å². The van der Waals surface area contributed by atoms with E-state index in [1.54, 1.807) is 16.0 Å². The van der Waals surface area contributed by atoms with Gasteiger partial charge in [0.1, 0.15) is 5.52 Å². The lowest BCUT2D eigenvalue weighted by atomic mass is 10.2. The number of rotatable bonds is 4. The Labute approximate surface area is 145 Å². The number of halogens is 1. The van der Waals surface area contributed by atoms with Crippen LogP contribution in [0.1, 0.15) is 5.56 Å². The van der Waals surface area contributed by atoms with Crippen LogP contribution in [0.3, 0.4) is 0 Å². The fourth-order valence-corrected chi connectivity index (χ4v) is 4.37. The molecular weight excluding hydrogens is 350 g/mol. The number of aromatic nitrogens is 5. The minimum absolute atomic E-state index is 0.627. The van der Waals surface area contributed by atoms with Crippen LogP contribution in [0.5, 0.6) is 0 Å². The number of para-hydroxylation sites is 1. The van der Waals surface area contributed by atoms with E-state index in [1.165, 1.54) is 11.8 Å². The SMILES string of the molecule is Clc1cccc2sc(Sc3nnnn3Cc3ccccc3)nc12. The number of fused-ring (bicyclic) bond motifs is 1. The van der Waals surface area contributed by atoms with E-state index in [9.17, 15) is 0 Å². The Bertz CT molecular complexity index is 951. The van der Waals surface area contributed by atoms with E-state index < -0.39 is 0 Å². The first kappa shape index (κ1) is 14.6. The molecule has 114 valence electrons. The van der Waals surface area contributed by atoms with Crippen molar-refractivity contribution in [3.63, 3.8) is 0 Å². The maximum Gasteiger partial charge on any atom is 0.216 e. The Morgan fingerprint density at radius 1 is 1.09 bits per heavy atom. The minimum atomic E-state index is 0.627. The standard InChI is InChI=1S/C15H10ClN5S2/c16-11-7-4-8-12-13(11)17-15(22-12)23-14-18-19-20-21(14)9-10-5-2-1-3-6-10/h1-8H,9H2. The highest BCUT2D eigenvalue weighted by Gasteiger charge is 2.13. The van der Waals surface area contributed by atoms with Gasteiger partial charge in [0.05, 0.1) is 16.3 Å². The highest BCUT2D eigenvalue weighted by Crippen LogP contribution is 2.35. The minimum Gasteiger partial charge on any atom is -0.228 e. The maximum atomic E-state index is 6.18. The van der Waals surface area contributed by atoms with Crippen molar-refractivity contribution >= 4 is 44.9 Å². The molecule has 0 N–H and O–H groups in total. The van der Waals surface area contributed by atoms with E-state index in [2.05, 4.69) is 20.5 Å². The van der Waals surface area contributed by atoms with Gasteiger partial charge < -0.3 is 0 Å². The summed E-state index contributed by atoms with van der Waals surface area (Å²) in [7, 11) is 0. The van der Waals surface area contributed by atoms with Crippen LogP contribution in [0, 0.1) is 0 Å². The molecule has 5 nitrogen and oxygen atoms in total. The van der Waals surface area contributed by atoms with Crippen molar-refractivity contribution in [1.82, 2.24) is 25.2 Å². The molecule has 8 heteroatoms. The van der Waals surface area contributed by atoms with Crippen LogP contribution in [-0.2, 0) is 6.54 Å². The summed E-state index contributed by atoms with van der Waals surface area (Å²) in [5.74, 6) is 0. The number of nitrogens with zero attached hydrogens (tertiary/aromatic N) is 5. The van der Waals surface area contributed by atoms with Gasteiger partial charge in [-0.1, -0.05) is 48.0 Å². The molecule has 0 spiro atoms. The average Bonchev–Trinajstić information content (AvgIpc) is 3.17. The van der Waals surface area contributed by atoms with Crippen molar-refractivity contribution in [3.05, 3.63) is 59.1 Å². The highest BCUT2D eigenvalue weighted by atomic mass is 35.5. The number of hydrogen-bond acceptors (Lipinski definition) is 6. The molecule has 0 saturated carbocycles. The molecule has 2 heterocycles. The molecule has 4 rings (SSSR count). The normalized spacial score (nSPS) is 11.2. The molecule has 0 aliphatic carbocycles. The Morgan fingerprint density at radius 2 is 1.96 bits per heavy atom. The number of thiazole rings is 1. The molecular formula is C15H10ClN5S2. The first-order valence-electron chi connectivity index (χ1n) is 6.82. The van der Waals surface area contributed by atoms with Crippen molar-refractivity contribution in [2.24, 2.45) is 0 Å². The maximum absolute atomic E-state index is 6.18. The molecule has 0 saturated heterocycles. The van der Waals surface area contributed by atoms with E-state index in [1.807, 2.05) is 48.5 Å². The topological polar surface area (TPSA) is 56.5 Å². The summed E-state index contributed by atoms with van der Waals surface area (Å²) >= 11 is 9.21. The molecule has 0 bridgehead atoms. The van der Waals surface area contributed by atoms with Gasteiger partial charge in [-0.05, 0) is 39.9 Å². The van der Waals surface area contributed by atoms with Gasteiger partial charge in [0.25, 0.3) is 0 Å². The van der Waals surface area contributed by atoms with Gasteiger partial charge >= 0.3 is 0 Å². The summed E-state index contributed by atoms with van der Waals surface area (Å²) in [6.07, 6.45) is 0. The zero-order chi connectivity index (χ0) is 15.6. The van der Waals surface area contributed by atoms with Crippen LogP contribution in [0.15, 0.2) is 58.0 Å². The zero-order valence-electron chi connectivity index (χ0n) is 11.8. The summed E-state index contributed by atoms with van der Waals surface area (Å²) in [4.78, 5) is 4.58. The number of hydrogen-bond donors (Lipinski definition) is 0. The van der Waals surface area contributed by atoms with Crippen LogP contribution in [0.25, 0.3) is 10.2 Å². The molecule has 4 aromatic rings. The van der Waals surface area contributed by atoms with Gasteiger partial charge in [0.2, 0.25) is 5.16 Å². The van der Waals surface area contributed by atoms with Gasteiger partial charge in [0.15, 0.2) is 4.34 Å². The summed E-state index contributed by atoms with van der Waals surface area (Å²) < 4.78 is 3.70. The second-order valence-corrected chi connectivity index (χ2v) is 7.43. The van der Waals surface area contributed by atoms with E-state index in [0.29, 0.717) is 16.7 Å². The van der Waals surface area contributed by atoms with Crippen molar-refractivity contribution in [2.75, 3.05) is 0 Å². The van der Waals surface area contributed by atoms with Crippen molar-refractivity contribution in [3.8, 4) is 0 Å². The van der Waals surface area contributed by atoms with Crippen LogP contribution < -0.4 is 0 Å². The van der Waals surface area contributed by atoms with Crippen LogP contribution >= 0.6 is 34.7 Å². The van der Waals surface area contributed by atoms with Crippen LogP contribution in [0.4, 0.5) is 0 Å².